The molecule has 19 heavy (non-hydrogen) atoms. The van der Waals surface area contributed by atoms with Crippen LogP contribution in [0.4, 0.5) is 0 Å². The third-order valence-electron chi connectivity index (χ3n) is 3.51. The normalized spacial score (nSPS) is 16.8. The zero-order chi connectivity index (χ0) is 13.2. The van der Waals surface area contributed by atoms with Crippen molar-refractivity contribution in [2.45, 2.75) is 6.54 Å². The van der Waals surface area contributed by atoms with Crippen molar-refractivity contribution in [1.29, 1.82) is 0 Å². The number of aromatic amines is 1. The average molecular weight is 260 g/mol. The molecule has 0 amide bonds. The molecule has 1 fully saturated rings. The van der Waals surface area contributed by atoms with Gasteiger partial charge in [-0.3, -0.25) is 4.90 Å². The lowest BCUT2D eigenvalue weighted by Gasteiger charge is -2.26. The minimum Gasteiger partial charge on any atom is -0.477 e. The Labute approximate surface area is 110 Å². The van der Waals surface area contributed by atoms with Crippen LogP contribution in [-0.4, -0.2) is 47.3 Å². The molecule has 2 heterocycles. The van der Waals surface area contributed by atoms with E-state index < -0.39 is 5.97 Å². The van der Waals surface area contributed by atoms with Gasteiger partial charge in [0, 0.05) is 36.1 Å². The molecule has 0 saturated carbocycles. The fraction of sp³-hybridized carbons (Fsp3) is 0.357. The van der Waals surface area contributed by atoms with E-state index >= 15 is 0 Å². The fourth-order valence-corrected chi connectivity index (χ4v) is 2.53. The number of ether oxygens (including phenoxy) is 1. The first-order valence-electron chi connectivity index (χ1n) is 6.38. The second kappa shape index (κ2) is 5.03. The number of hydrogen-bond donors (Lipinski definition) is 2. The average Bonchev–Trinajstić information content (AvgIpc) is 2.79. The Kier molecular flexibility index (Phi) is 3.23. The van der Waals surface area contributed by atoms with Gasteiger partial charge in [0.15, 0.2) is 0 Å². The van der Waals surface area contributed by atoms with Crippen LogP contribution >= 0.6 is 0 Å². The van der Waals surface area contributed by atoms with Gasteiger partial charge in [0.05, 0.1) is 13.2 Å². The first-order chi connectivity index (χ1) is 9.25. The Morgan fingerprint density at radius 2 is 2.05 bits per heavy atom. The summed E-state index contributed by atoms with van der Waals surface area (Å²) in [6.07, 6.45) is 0. The van der Waals surface area contributed by atoms with Crippen LogP contribution in [0.15, 0.2) is 24.3 Å². The van der Waals surface area contributed by atoms with E-state index in [4.69, 9.17) is 4.74 Å². The largest absolute Gasteiger partial charge is 0.477 e. The van der Waals surface area contributed by atoms with Gasteiger partial charge in [-0.15, -0.1) is 0 Å². The second-order valence-corrected chi connectivity index (χ2v) is 4.72. The molecule has 1 aliphatic heterocycles. The van der Waals surface area contributed by atoms with Crippen molar-refractivity contribution in [2.75, 3.05) is 26.3 Å². The maximum Gasteiger partial charge on any atom is 0.352 e. The number of benzene rings is 1. The first-order valence-corrected chi connectivity index (χ1v) is 6.38. The van der Waals surface area contributed by atoms with E-state index in [9.17, 15) is 9.90 Å². The molecule has 0 spiro atoms. The quantitative estimate of drug-likeness (QED) is 0.881. The van der Waals surface area contributed by atoms with Gasteiger partial charge in [-0.1, -0.05) is 18.2 Å². The van der Waals surface area contributed by atoms with E-state index in [0.717, 1.165) is 29.6 Å². The maximum atomic E-state index is 11.4. The number of carboxylic acid groups (broad SMARTS) is 1. The van der Waals surface area contributed by atoms with Crippen molar-refractivity contribution in [3.63, 3.8) is 0 Å². The monoisotopic (exact) mass is 260 g/mol. The van der Waals surface area contributed by atoms with Gasteiger partial charge in [-0.25, -0.2) is 4.79 Å². The number of hydrogen-bond acceptors (Lipinski definition) is 3. The number of para-hydroxylation sites is 1. The summed E-state index contributed by atoms with van der Waals surface area (Å²) in [5.74, 6) is -0.903. The number of morpholine rings is 1. The smallest absolute Gasteiger partial charge is 0.352 e. The number of carboxylic acids is 1. The fourth-order valence-electron chi connectivity index (χ4n) is 2.53. The minimum absolute atomic E-state index is 0.299. The summed E-state index contributed by atoms with van der Waals surface area (Å²) >= 11 is 0. The van der Waals surface area contributed by atoms with Crippen LogP contribution in [0.5, 0.6) is 0 Å². The molecule has 5 heteroatoms. The number of H-pyrrole nitrogens is 1. The van der Waals surface area contributed by atoms with E-state index in [1.54, 1.807) is 0 Å². The van der Waals surface area contributed by atoms with Crippen LogP contribution in [0.1, 0.15) is 16.1 Å². The topological polar surface area (TPSA) is 65.6 Å². The molecule has 100 valence electrons. The van der Waals surface area contributed by atoms with E-state index in [0.29, 0.717) is 25.5 Å². The highest BCUT2D eigenvalue weighted by Crippen LogP contribution is 2.24. The molecule has 0 atom stereocenters. The standard InChI is InChI=1S/C14H16N2O3/c17-14(18)13-11(9-16-5-7-19-8-6-16)10-3-1-2-4-12(10)15-13/h1-4,15H,5-9H2,(H,17,18). The lowest BCUT2D eigenvalue weighted by molar-refractivity contribution is 0.0341. The summed E-state index contributed by atoms with van der Waals surface area (Å²) < 4.78 is 5.32. The van der Waals surface area contributed by atoms with Crippen LogP contribution in [0.3, 0.4) is 0 Å². The summed E-state index contributed by atoms with van der Waals surface area (Å²) in [5, 5.41) is 10.3. The molecular weight excluding hydrogens is 244 g/mol. The van der Waals surface area contributed by atoms with E-state index in [1.165, 1.54) is 0 Å². The van der Waals surface area contributed by atoms with E-state index in [1.807, 2.05) is 24.3 Å². The molecule has 0 aliphatic carbocycles. The van der Waals surface area contributed by atoms with Crippen LogP contribution in [-0.2, 0) is 11.3 Å². The minimum atomic E-state index is -0.903. The molecule has 1 aromatic heterocycles. The van der Waals surface area contributed by atoms with E-state index in [-0.39, 0.29) is 0 Å². The predicted octanol–water partition coefficient (Wildman–Crippen LogP) is 1.70. The molecule has 5 nitrogen and oxygen atoms in total. The molecule has 1 aliphatic rings. The van der Waals surface area contributed by atoms with E-state index in [2.05, 4.69) is 9.88 Å². The van der Waals surface area contributed by atoms with Crippen LogP contribution in [0, 0.1) is 0 Å². The zero-order valence-electron chi connectivity index (χ0n) is 10.6. The summed E-state index contributed by atoms with van der Waals surface area (Å²) in [7, 11) is 0. The first kappa shape index (κ1) is 12.2. The van der Waals surface area contributed by atoms with Gasteiger partial charge in [0.1, 0.15) is 5.69 Å². The number of nitrogens with one attached hydrogen (secondary N) is 1. The third kappa shape index (κ3) is 2.34. The number of aromatic nitrogens is 1. The van der Waals surface area contributed by atoms with Crippen molar-refractivity contribution >= 4 is 16.9 Å². The Bertz CT molecular complexity index is 600. The Morgan fingerprint density at radius 1 is 1.32 bits per heavy atom. The van der Waals surface area contributed by atoms with Crippen LogP contribution in [0.2, 0.25) is 0 Å². The summed E-state index contributed by atoms with van der Waals surface area (Å²) in [6.45, 7) is 3.77. The Morgan fingerprint density at radius 3 is 2.79 bits per heavy atom. The lowest BCUT2D eigenvalue weighted by atomic mass is 10.1. The van der Waals surface area contributed by atoms with Gasteiger partial charge in [0.25, 0.3) is 0 Å². The molecule has 1 saturated heterocycles. The number of nitrogens with zero attached hydrogens (tertiary/aromatic N) is 1. The SMILES string of the molecule is O=C(O)c1[nH]c2ccccc2c1CN1CCOCC1. The Hall–Kier alpha value is -1.85. The molecule has 1 aromatic carbocycles. The van der Waals surface area contributed by atoms with Crippen LogP contribution in [0.25, 0.3) is 10.9 Å². The highest BCUT2D eigenvalue weighted by Gasteiger charge is 2.20. The second-order valence-electron chi connectivity index (χ2n) is 4.72. The third-order valence-corrected chi connectivity index (χ3v) is 3.51. The van der Waals surface area contributed by atoms with Gasteiger partial charge < -0.3 is 14.8 Å². The van der Waals surface area contributed by atoms with Crippen molar-refractivity contribution < 1.29 is 14.6 Å². The number of fused-ring (bicyclic) bond motifs is 1. The van der Waals surface area contributed by atoms with Crippen LogP contribution < -0.4 is 0 Å². The van der Waals surface area contributed by atoms with Crippen molar-refractivity contribution in [3.8, 4) is 0 Å². The Balaban J connectivity index is 1.99. The lowest BCUT2D eigenvalue weighted by Crippen LogP contribution is -2.35. The highest BCUT2D eigenvalue weighted by atomic mass is 16.5. The number of aromatic carboxylic acids is 1. The molecule has 2 aromatic rings. The molecule has 0 unspecified atom stereocenters. The highest BCUT2D eigenvalue weighted by molar-refractivity contribution is 5.97. The van der Waals surface area contributed by atoms with Gasteiger partial charge >= 0.3 is 5.97 Å². The number of rotatable bonds is 3. The maximum absolute atomic E-state index is 11.4. The molecular formula is C14H16N2O3. The summed E-state index contributed by atoms with van der Waals surface area (Å²) in [4.78, 5) is 16.6. The summed E-state index contributed by atoms with van der Waals surface area (Å²) in [6, 6.07) is 7.71. The molecule has 3 rings (SSSR count). The van der Waals surface area contributed by atoms with Crippen molar-refractivity contribution in [3.05, 3.63) is 35.5 Å². The predicted molar refractivity (Wildman–Crippen MR) is 71.4 cm³/mol. The van der Waals surface area contributed by atoms with Gasteiger partial charge in [-0.05, 0) is 6.07 Å². The zero-order valence-corrected chi connectivity index (χ0v) is 10.6. The number of carbonyl (C=O) groups is 1. The van der Waals surface area contributed by atoms with Crippen molar-refractivity contribution in [2.24, 2.45) is 0 Å². The summed E-state index contributed by atoms with van der Waals surface area (Å²) in [5.41, 5.74) is 2.04. The molecule has 2 N–H and O–H groups in total. The van der Waals surface area contributed by atoms with Gasteiger partial charge in [-0.2, -0.15) is 0 Å². The van der Waals surface area contributed by atoms with Crippen molar-refractivity contribution in [1.82, 2.24) is 9.88 Å². The molecule has 0 radical (unpaired) electrons. The van der Waals surface area contributed by atoms with Gasteiger partial charge in [0.2, 0.25) is 0 Å². The molecule has 0 bridgehead atoms.